The molecule has 0 atom stereocenters. The standard InChI is InChI=1S/C13H11N4O/c1-9-13(10(2)18-16-9)11-4-3-5-12(6-11)17-8-14-7-15-17/h3-4,6-8H,1-2H3. The van der Waals surface area contributed by atoms with E-state index in [1.54, 1.807) is 11.0 Å². The van der Waals surface area contributed by atoms with E-state index in [0.717, 1.165) is 28.3 Å². The summed E-state index contributed by atoms with van der Waals surface area (Å²) in [6.07, 6.45) is 3.14. The maximum Gasteiger partial charge on any atom is 0.141 e. The van der Waals surface area contributed by atoms with Crippen molar-refractivity contribution in [3.63, 3.8) is 0 Å². The van der Waals surface area contributed by atoms with Crippen LogP contribution in [0.2, 0.25) is 0 Å². The first-order chi connectivity index (χ1) is 8.75. The molecule has 0 saturated carbocycles. The van der Waals surface area contributed by atoms with E-state index in [1.807, 2.05) is 32.0 Å². The van der Waals surface area contributed by atoms with Gasteiger partial charge in [0.1, 0.15) is 18.4 Å². The Kier molecular flexibility index (Phi) is 2.44. The first-order valence-corrected chi connectivity index (χ1v) is 5.55. The molecule has 0 bridgehead atoms. The predicted octanol–water partition coefficient (Wildman–Crippen LogP) is 2.34. The lowest BCUT2D eigenvalue weighted by Crippen LogP contribution is -1.95. The SMILES string of the molecule is Cc1noc(C)c1-c1cc[c]c(-n2cncn2)c1. The van der Waals surface area contributed by atoms with Crippen LogP contribution in [-0.4, -0.2) is 19.9 Å². The van der Waals surface area contributed by atoms with E-state index in [2.05, 4.69) is 21.3 Å². The number of hydrogen-bond donors (Lipinski definition) is 0. The highest BCUT2D eigenvalue weighted by Crippen LogP contribution is 2.27. The third-order valence-electron chi connectivity index (χ3n) is 2.77. The molecule has 5 nitrogen and oxygen atoms in total. The zero-order chi connectivity index (χ0) is 12.5. The van der Waals surface area contributed by atoms with Gasteiger partial charge in [0, 0.05) is 11.6 Å². The molecule has 0 amide bonds. The Bertz CT molecular complexity index is 651. The van der Waals surface area contributed by atoms with Crippen LogP contribution in [-0.2, 0) is 0 Å². The molecule has 2 heterocycles. The Hall–Kier alpha value is -2.43. The van der Waals surface area contributed by atoms with E-state index in [-0.39, 0.29) is 0 Å². The van der Waals surface area contributed by atoms with Crippen LogP contribution in [0.5, 0.6) is 0 Å². The van der Waals surface area contributed by atoms with Crippen LogP contribution in [0.3, 0.4) is 0 Å². The molecule has 18 heavy (non-hydrogen) atoms. The van der Waals surface area contributed by atoms with Crippen molar-refractivity contribution in [2.75, 3.05) is 0 Å². The summed E-state index contributed by atoms with van der Waals surface area (Å²) >= 11 is 0. The van der Waals surface area contributed by atoms with Crippen molar-refractivity contribution >= 4 is 0 Å². The summed E-state index contributed by atoms with van der Waals surface area (Å²) in [5.74, 6) is 0.809. The fourth-order valence-corrected chi connectivity index (χ4v) is 1.97. The Morgan fingerprint density at radius 2 is 2.22 bits per heavy atom. The summed E-state index contributed by atoms with van der Waals surface area (Å²) in [5.41, 5.74) is 3.77. The molecule has 0 spiro atoms. The molecule has 3 rings (SSSR count). The summed E-state index contributed by atoms with van der Waals surface area (Å²) in [6.45, 7) is 3.83. The molecule has 3 aromatic rings. The molecule has 0 aliphatic heterocycles. The second-order valence-electron chi connectivity index (χ2n) is 4.00. The Balaban J connectivity index is 2.12. The van der Waals surface area contributed by atoms with Crippen molar-refractivity contribution in [1.29, 1.82) is 0 Å². The zero-order valence-electron chi connectivity index (χ0n) is 10.1. The molecule has 0 aliphatic rings. The first-order valence-electron chi connectivity index (χ1n) is 5.55. The molecule has 0 fully saturated rings. The zero-order valence-corrected chi connectivity index (χ0v) is 10.1. The monoisotopic (exact) mass is 239 g/mol. The second kappa shape index (κ2) is 4.10. The molecule has 89 valence electrons. The quantitative estimate of drug-likeness (QED) is 0.688. The highest BCUT2D eigenvalue weighted by Gasteiger charge is 2.12. The van der Waals surface area contributed by atoms with E-state index >= 15 is 0 Å². The summed E-state index contributed by atoms with van der Waals surface area (Å²) in [6, 6.07) is 8.95. The molecule has 2 aromatic heterocycles. The molecule has 0 N–H and O–H groups in total. The van der Waals surface area contributed by atoms with Gasteiger partial charge in [-0.15, -0.1) is 0 Å². The minimum atomic E-state index is 0.809. The van der Waals surface area contributed by atoms with Crippen LogP contribution in [0.15, 0.2) is 35.4 Å². The van der Waals surface area contributed by atoms with Gasteiger partial charge in [-0.05, 0) is 25.5 Å². The van der Waals surface area contributed by atoms with Crippen LogP contribution in [0.25, 0.3) is 16.8 Å². The van der Waals surface area contributed by atoms with Crippen molar-refractivity contribution in [1.82, 2.24) is 19.9 Å². The van der Waals surface area contributed by atoms with E-state index in [1.165, 1.54) is 6.33 Å². The van der Waals surface area contributed by atoms with Crippen LogP contribution >= 0.6 is 0 Å². The highest BCUT2D eigenvalue weighted by atomic mass is 16.5. The third-order valence-corrected chi connectivity index (χ3v) is 2.77. The number of hydrogen-bond acceptors (Lipinski definition) is 4. The lowest BCUT2D eigenvalue weighted by Gasteiger charge is -2.04. The van der Waals surface area contributed by atoms with Gasteiger partial charge in [-0.1, -0.05) is 17.3 Å². The van der Waals surface area contributed by atoms with Crippen molar-refractivity contribution in [2.24, 2.45) is 0 Å². The van der Waals surface area contributed by atoms with Gasteiger partial charge in [0.05, 0.1) is 11.4 Å². The van der Waals surface area contributed by atoms with Gasteiger partial charge in [0.15, 0.2) is 0 Å². The summed E-state index contributed by atoms with van der Waals surface area (Å²) in [5, 5.41) is 8.05. The summed E-state index contributed by atoms with van der Waals surface area (Å²) < 4.78 is 6.85. The Morgan fingerprint density at radius 3 is 2.89 bits per heavy atom. The number of rotatable bonds is 2. The molecule has 5 heteroatoms. The minimum absolute atomic E-state index is 0.809. The van der Waals surface area contributed by atoms with E-state index in [9.17, 15) is 0 Å². The van der Waals surface area contributed by atoms with Gasteiger partial charge in [0.25, 0.3) is 0 Å². The van der Waals surface area contributed by atoms with Crippen LogP contribution in [0, 0.1) is 19.9 Å². The topological polar surface area (TPSA) is 56.7 Å². The third kappa shape index (κ3) is 1.69. The summed E-state index contributed by atoms with van der Waals surface area (Å²) in [7, 11) is 0. The van der Waals surface area contributed by atoms with E-state index < -0.39 is 0 Å². The summed E-state index contributed by atoms with van der Waals surface area (Å²) in [4.78, 5) is 3.93. The number of nitrogens with zero attached hydrogens (tertiary/aromatic N) is 4. The van der Waals surface area contributed by atoms with Crippen molar-refractivity contribution < 1.29 is 4.52 Å². The van der Waals surface area contributed by atoms with Crippen molar-refractivity contribution in [2.45, 2.75) is 13.8 Å². The van der Waals surface area contributed by atoms with Crippen LogP contribution in [0.4, 0.5) is 0 Å². The van der Waals surface area contributed by atoms with Crippen molar-refractivity contribution in [3.8, 4) is 16.8 Å². The smallest absolute Gasteiger partial charge is 0.141 e. The molecule has 0 saturated heterocycles. The van der Waals surface area contributed by atoms with Crippen molar-refractivity contribution in [3.05, 3.63) is 48.4 Å². The maximum absolute atomic E-state index is 5.19. The molecule has 0 unspecified atom stereocenters. The maximum atomic E-state index is 5.19. The van der Waals surface area contributed by atoms with Gasteiger partial charge in [0.2, 0.25) is 0 Å². The number of benzene rings is 1. The fraction of sp³-hybridized carbons (Fsp3) is 0.154. The Labute approximate surface area is 104 Å². The highest BCUT2D eigenvalue weighted by molar-refractivity contribution is 5.69. The van der Waals surface area contributed by atoms with Crippen LogP contribution in [0.1, 0.15) is 11.5 Å². The van der Waals surface area contributed by atoms with Gasteiger partial charge in [-0.3, -0.25) is 0 Å². The lowest BCUT2D eigenvalue weighted by atomic mass is 10.0. The molecule has 1 aromatic carbocycles. The first kappa shape index (κ1) is 10.7. The minimum Gasteiger partial charge on any atom is -0.361 e. The predicted molar refractivity (Wildman–Crippen MR) is 65.2 cm³/mol. The average molecular weight is 239 g/mol. The van der Waals surface area contributed by atoms with E-state index in [0.29, 0.717) is 0 Å². The van der Waals surface area contributed by atoms with Gasteiger partial charge in [-0.25, -0.2) is 9.67 Å². The molecule has 1 radical (unpaired) electrons. The van der Waals surface area contributed by atoms with E-state index in [4.69, 9.17) is 4.52 Å². The largest absolute Gasteiger partial charge is 0.361 e. The van der Waals surface area contributed by atoms with Crippen LogP contribution < -0.4 is 0 Å². The number of aryl methyl sites for hydroxylation is 2. The molecular weight excluding hydrogens is 228 g/mol. The van der Waals surface area contributed by atoms with Gasteiger partial charge in [-0.2, -0.15) is 5.10 Å². The van der Waals surface area contributed by atoms with Gasteiger partial charge >= 0.3 is 0 Å². The molecular formula is C13H11N4O. The molecule has 0 aliphatic carbocycles. The fourth-order valence-electron chi connectivity index (χ4n) is 1.97. The average Bonchev–Trinajstić information content (AvgIpc) is 3.00. The van der Waals surface area contributed by atoms with Gasteiger partial charge < -0.3 is 4.52 Å². The Morgan fingerprint density at radius 1 is 1.33 bits per heavy atom. The second-order valence-corrected chi connectivity index (χ2v) is 4.00. The number of aromatic nitrogens is 4. The normalized spacial score (nSPS) is 10.8. The lowest BCUT2D eigenvalue weighted by molar-refractivity contribution is 0.393.